The van der Waals surface area contributed by atoms with Gasteiger partial charge in [0.15, 0.2) is 0 Å². The molecular formula is C21H17F6N3O3S. The maximum Gasteiger partial charge on any atom is 0.433 e. The third-order valence-corrected chi connectivity index (χ3v) is 6.16. The van der Waals surface area contributed by atoms with Crippen molar-refractivity contribution in [3.05, 3.63) is 51.5 Å². The van der Waals surface area contributed by atoms with Gasteiger partial charge in [0.25, 0.3) is 5.91 Å². The van der Waals surface area contributed by atoms with Crippen molar-refractivity contribution in [2.45, 2.75) is 32.0 Å². The number of thiophene rings is 1. The summed E-state index contributed by atoms with van der Waals surface area (Å²) in [6, 6.07) is 5.58. The van der Waals surface area contributed by atoms with Gasteiger partial charge >= 0.3 is 12.4 Å². The van der Waals surface area contributed by atoms with Gasteiger partial charge in [-0.3, -0.25) is 4.79 Å². The second-order valence-corrected chi connectivity index (χ2v) is 8.54. The number of fused-ring (bicyclic) bond motifs is 3. The van der Waals surface area contributed by atoms with E-state index in [0.717, 1.165) is 17.4 Å². The molecule has 1 aliphatic rings. The minimum atomic E-state index is -4.63. The van der Waals surface area contributed by atoms with Crippen LogP contribution in [0.2, 0.25) is 0 Å². The number of aryl methyl sites for hydroxylation is 1. The number of pyridine rings is 1. The highest BCUT2D eigenvalue weighted by Crippen LogP contribution is 2.43. The lowest BCUT2D eigenvalue weighted by Crippen LogP contribution is -2.37. The van der Waals surface area contributed by atoms with Gasteiger partial charge in [-0.25, -0.2) is 4.98 Å². The van der Waals surface area contributed by atoms with Gasteiger partial charge in [-0.2, -0.15) is 26.3 Å². The van der Waals surface area contributed by atoms with E-state index in [1.165, 1.54) is 26.2 Å². The van der Waals surface area contributed by atoms with E-state index in [1.54, 1.807) is 6.07 Å². The Labute approximate surface area is 192 Å². The van der Waals surface area contributed by atoms with Crippen molar-refractivity contribution in [3.8, 4) is 5.75 Å². The van der Waals surface area contributed by atoms with E-state index in [-0.39, 0.29) is 16.3 Å². The van der Waals surface area contributed by atoms with Gasteiger partial charge in [0.05, 0.1) is 19.4 Å². The van der Waals surface area contributed by atoms with Gasteiger partial charge in [-0.1, -0.05) is 6.07 Å². The number of amides is 1. The van der Waals surface area contributed by atoms with E-state index in [4.69, 9.17) is 9.47 Å². The third kappa shape index (κ3) is 4.75. The van der Waals surface area contributed by atoms with E-state index >= 15 is 0 Å². The number of methoxy groups -OCH3 is 1. The fourth-order valence-electron chi connectivity index (χ4n) is 3.64. The number of hydrogen-bond acceptors (Lipinski definition) is 6. The van der Waals surface area contributed by atoms with E-state index < -0.39 is 36.7 Å². The SMILES string of the molecule is COc1ccc(C2NC(=O)c3sc4nc(C(F)(F)F)cc(C)c4c3N2)cc1COCC(F)(F)F. The molecule has 1 amide bonds. The molecule has 0 spiro atoms. The van der Waals surface area contributed by atoms with Crippen LogP contribution >= 0.6 is 11.3 Å². The number of hydrogen-bond donors (Lipinski definition) is 2. The Morgan fingerprint density at radius 1 is 1.12 bits per heavy atom. The van der Waals surface area contributed by atoms with Gasteiger partial charge in [0, 0.05) is 10.9 Å². The molecule has 13 heteroatoms. The van der Waals surface area contributed by atoms with Crippen molar-refractivity contribution >= 4 is 33.1 Å². The molecule has 0 aliphatic carbocycles. The topological polar surface area (TPSA) is 72.5 Å². The van der Waals surface area contributed by atoms with Crippen molar-refractivity contribution in [2.24, 2.45) is 0 Å². The fraction of sp³-hybridized carbons (Fsp3) is 0.333. The molecule has 1 unspecified atom stereocenters. The van der Waals surface area contributed by atoms with E-state index in [0.29, 0.717) is 33.5 Å². The number of rotatable bonds is 5. The Morgan fingerprint density at radius 3 is 2.50 bits per heavy atom. The fourth-order valence-corrected chi connectivity index (χ4v) is 4.75. The molecule has 182 valence electrons. The van der Waals surface area contributed by atoms with Crippen LogP contribution in [0.5, 0.6) is 5.75 Å². The number of anilines is 1. The number of alkyl halides is 6. The Kier molecular flexibility index (Phi) is 6.10. The van der Waals surface area contributed by atoms with Crippen molar-refractivity contribution in [3.63, 3.8) is 0 Å². The molecule has 34 heavy (non-hydrogen) atoms. The van der Waals surface area contributed by atoms with Gasteiger partial charge in [-0.05, 0) is 36.2 Å². The summed E-state index contributed by atoms with van der Waals surface area (Å²) >= 11 is 0.840. The zero-order valence-electron chi connectivity index (χ0n) is 17.6. The average Bonchev–Trinajstić information content (AvgIpc) is 3.12. The number of benzene rings is 1. The number of ether oxygens (including phenoxy) is 2. The van der Waals surface area contributed by atoms with Crippen molar-refractivity contribution < 1.29 is 40.6 Å². The summed E-state index contributed by atoms with van der Waals surface area (Å²) in [6.07, 6.45) is -9.92. The molecule has 1 atom stereocenters. The molecule has 2 N–H and O–H groups in total. The molecule has 0 saturated carbocycles. The normalized spacial score (nSPS) is 16.2. The Hall–Kier alpha value is -3.06. The minimum Gasteiger partial charge on any atom is -0.496 e. The highest BCUT2D eigenvalue weighted by atomic mass is 32.1. The van der Waals surface area contributed by atoms with Gasteiger partial charge in [0.1, 0.15) is 33.9 Å². The first-order valence-electron chi connectivity index (χ1n) is 9.77. The number of carbonyl (C=O) groups excluding carboxylic acids is 1. The molecule has 4 rings (SSSR count). The smallest absolute Gasteiger partial charge is 0.433 e. The van der Waals surface area contributed by atoms with Crippen LogP contribution in [0, 0.1) is 6.92 Å². The molecule has 0 radical (unpaired) electrons. The average molecular weight is 505 g/mol. The van der Waals surface area contributed by atoms with E-state index in [1.807, 2.05) is 0 Å². The van der Waals surface area contributed by atoms with Gasteiger partial charge < -0.3 is 20.1 Å². The van der Waals surface area contributed by atoms with Crippen LogP contribution in [0.25, 0.3) is 10.2 Å². The molecule has 1 aliphatic heterocycles. The van der Waals surface area contributed by atoms with Crippen molar-refractivity contribution in [1.29, 1.82) is 0 Å². The van der Waals surface area contributed by atoms with Crippen LogP contribution in [0.3, 0.4) is 0 Å². The number of carbonyl (C=O) groups is 1. The quantitative estimate of drug-likeness (QED) is 0.444. The molecule has 2 aromatic heterocycles. The molecular weight excluding hydrogens is 488 g/mol. The number of aromatic nitrogens is 1. The summed E-state index contributed by atoms with van der Waals surface area (Å²) < 4.78 is 86.7. The predicted molar refractivity (Wildman–Crippen MR) is 112 cm³/mol. The second kappa shape index (κ2) is 8.62. The standard InChI is InChI=1S/C21H17F6N3O3S/c1-9-5-13(21(25,26)27)28-19-14(9)15-16(34-19)18(31)30-17(29-15)10-3-4-12(32-2)11(6-10)7-33-8-20(22,23)24/h3-6,17,29H,7-8H2,1-2H3,(H,30,31). The maximum absolute atomic E-state index is 13.2. The first-order chi connectivity index (χ1) is 15.9. The summed E-state index contributed by atoms with van der Waals surface area (Å²) in [5.74, 6) is -0.213. The first-order valence-corrected chi connectivity index (χ1v) is 10.6. The zero-order valence-corrected chi connectivity index (χ0v) is 18.5. The molecule has 0 bridgehead atoms. The molecule has 0 saturated heterocycles. The number of halogens is 6. The van der Waals surface area contributed by atoms with Crippen LogP contribution in [0.4, 0.5) is 32.0 Å². The largest absolute Gasteiger partial charge is 0.496 e. The zero-order chi connectivity index (χ0) is 24.8. The summed E-state index contributed by atoms with van der Waals surface area (Å²) in [7, 11) is 1.36. The lowest BCUT2D eigenvalue weighted by atomic mass is 10.0. The minimum absolute atomic E-state index is 0.0663. The van der Waals surface area contributed by atoms with Gasteiger partial charge in [-0.15, -0.1) is 11.3 Å². The van der Waals surface area contributed by atoms with E-state index in [2.05, 4.69) is 15.6 Å². The molecule has 1 aromatic carbocycles. The highest BCUT2D eigenvalue weighted by Gasteiger charge is 2.36. The molecule has 3 heterocycles. The second-order valence-electron chi connectivity index (χ2n) is 7.54. The third-order valence-electron chi connectivity index (χ3n) is 5.08. The summed E-state index contributed by atoms with van der Waals surface area (Å²) in [6.45, 7) is -0.318. The summed E-state index contributed by atoms with van der Waals surface area (Å²) in [5, 5.41) is 6.21. The highest BCUT2D eigenvalue weighted by molar-refractivity contribution is 7.21. The van der Waals surface area contributed by atoms with Crippen molar-refractivity contribution in [2.75, 3.05) is 19.0 Å². The van der Waals surface area contributed by atoms with Crippen molar-refractivity contribution in [1.82, 2.24) is 10.3 Å². The molecule has 0 fully saturated rings. The number of nitrogens with zero attached hydrogens (tertiary/aromatic N) is 1. The first kappa shape index (κ1) is 24.1. The maximum atomic E-state index is 13.2. The Balaban J connectivity index is 1.67. The van der Waals surface area contributed by atoms with Crippen LogP contribution in [-0.4, -0.2) is 30.8 Å². The Bertz CT molecular complexity index is 1260. The molecule has 3 aromatic rings. The number of nitrogens with one attached hydrogen (secondary N) is 2. The van der Waals surface area contributed by atoms with Gasteiger partial charge in [0.2, 0.25) is 0 Å². The summed E-state index contributed by atoms with van der Waals surface area (Å²) in [4.78, 5) is 16.7. The lowest BCUT2D eigenvalue weighted by Gasteiger charge is -2.27. The van der Waals surface area contributed by atoms with Crippen LogP contribution < -0.4 is 15.4 Å². The van der Waals surface area contributed by atoms with Crippen LogP contribution in [0.1, 0.15) is 38.2 Å². The molecule has 6 nitrogen and oxygen atoms in total. The monoisotopic (exact) mass is 505 g/mol. The van der Waals surface area contributed by atoms with Crippen LogP contribution in [0.15, 0.2) is 24.3 Å². The van der Waals surface area contributed by atoms with Crippen LogP contribution in [-0.2, 0) is 17.5 Å². The lowest BCUT2D eigenvalue weighted by molar-refractivity contribution is -0.176. The summed E-state index contributed by atoms with van der Waals surface area (Å²) in [5.41, 5.74) is 0.410. The van der Waals surface area contributed by atoms with E-state index in [9.17, 15) is 31.1 Å². The predicted octanol–water partition coefficient (Wildman–Crippen LogP) is 5.57. The Morgan fingerprint density at radius 2 is 1.85 bits per heavy atom.